The number of hydrogen-bond donors (Lipinski definition) is 1. The summed E-state index contributed by atoms with van der Waals surface area (Å²) in [5.74, 6) is -0.0590. The lowest BCUT2D eigenvalue weighted by atomic mass is 10.1. The highest BCUT2D eigenvalue weighted by Gasteiger charge is 2.16. The maximum Gasteiger partial charge on any atom is 0.255 e. The first-order valence-corrected chi connectivity index (χ1v) is 6.80. The molecule has 2 aromatic carbocycles. The molecule has 0 unspecified atom stereocenters. The Bertz CT molecular complexity index is 647. The van der Waals surface area contributed by atoms with Crippen molar-refractivity contribution in [2.45, 2.75) is 20.0 Å². The van der Waals surface area contributed by atoms with Crippen LogP contribution >= 0.6 is 0 Å². The van der Waals surface area contributed by atoms with E-state index in [2.05, 4.69) is 29.4 Å². The number of nitrogens with one attached hydrogen (secondary N) is 1. The van der Waals surface area contributed by atoms with Crippen LogP contribution in [0.3, 0.4) is 0 Å². The molecular weight excluding hydrogens is 248 g/mol. The smallest absolute Gasteiger partial charge is 0.255 e. The lowest BCUT2D eigenvalue weighted by Crippen LogP contribution is -2.12. The predicted octanol–water partition coefficient (Wildman–Crippen LogP) is 3.19. The van der Waals surface area contributed by atoms with Crippen LogP contribution in [0.5, 0.6) is 0 Å². The van der Waals surface area contributed by atoms with Gasteiger partial charge in [-0.25, -0.2) is 0 Å². The summed E-state index contributed by atoms with van der Waals surface area (Å²) < 4.78 is 0. The third kappa shape index (κ3) is 2.58. The maximum absolute atomic E-state index is 12.2. The van der Waals surface area contributed by atoms with Crippen LogP contribution in [-0.2, 0) is 13.1 Å². The SMILES string of the molecule is Cc1ccc(C(=O)Nc2ccc3c(c2)CN(C)C3)cc1. The van der Waals surface area contributed by atoms with Gasteiger partial charge in [0.25, 0.3) is 5.91 Å². The number of rotatable bonds is 2. The van der Waals surface area contributed by atoms with Gasteiger partial charge in [-0.05, 0) is 49.4 Å². The maximum atomic E-state index is 12.2. The van der Waals surface area contributed by atoms with Crippen molar-refractivity contribution in [2.24, 2.45) is 0 Å². The zero-order valence-corrected chi connectivity index (χ0v) is 11.8. The monoisotopic (exact) mass is 266 g/mol. The summed E-state index contributed by atoms with van der Waals surface area (Å²) in [6, 6.07) is 13.8. The second kappa shape index (κ2) is 5.10. The normalized spacial score (nSPS) is 14.1. The van der Waals surface area contributed by atoms with Crippen molar-refractivity contribution in [1.29, 1.82) is 0 Å². The second-order valence-corrected chi connectivity index (χ2v) is 5.48. The summed E-state index contributed by atoms with van der Waals surface area (Å²) in [5, 5.41) is 2.96. The third-order valence-corrected chi connectivity index (χ3v) is 3.66. The van der Waals surface area contributed by atoms with Crippen molar-refractivity contribution in [3.63, 3.8) is 0 Å². The molecule has 1 amide bonds. The first kappa shape index (κ1) is 12.9. The Balaban J connectivity index is 1.77. The Labute approximate surface area is 119 Å². The van der Waals surface area contributed by atoms with Gasteiger partial charge in [0.15, 0.2) is 0 Å². The van der Waals surface area contributed by atoms with Crippen LogP contribution in [0.15, 0.2) is 42.5 Å². The predicted molar refractivity (Wildman–Crippen MR) is 80.7 cm³/mol. The molecule has 20 heavy (non-hydrogen) atoms. The van der Waals surface area contributed by atoms with Crippen molar-refractivity contribution >= 4 is 11.6 Å². The van der Waals surface area contributed by atoms with Gasteiger partial charge in [-0.15, -0.1) is 0 Å². The minimum Gasteiger partial charge on any atom is -0.322 e. The van der Waals surface area contributed by atoms with Crippen LogP contribution in [-0.4, -0.2) is 17.9 Å². The van der Waals surface area contributed by atoms with Gasteiger partial charge >= 0.3 is 0 Å². The zero-order chi connectivity index (χ0) is 14.1. The van der Waals surface area contributed by atoms with E-state index in [-0.39, 0.29) is 5.91 Å². The molecule has 0 aliphatic carbocycles. The average Bonchev–Trinajstić information content (AvgIpc) is 2.78. The number of amides is 1. The summed E-state index contributed by atoms with van der Waals surface area (Å²) >= 11 is 0. The van der Waals surface area contributed by atoms with E-state index in [1.165, 1.54) is 11.1 Å². The molecule has 0 fully saturated rings. The molecule has 0 spiro atoms. The standard InChI is InChI=1S/C17H18N2O/c1-12-3-5-13(6-4-12)17(20)18-16-8-7-14-10-19(2)11-15(14)9-16/h3-9H,10-11H2,1-2H3,(H,18,20). The zero-order valence-electron chi connectivity index (χ0n) is 11.8. The van der Waals surface area contributed by atoms with Crippen LogP contribution in [0, 0.1) is 6.92 Å². The van der Waals surface area contributed by atoms with Gasteiger partial charge < -0.3 is 5.32 Å². The number of aryl methyl sites for hydroxylation is 1. The van der Waals surface area contributed by atoms with Gasteiger partial charge in [-0.3, -0.25) is 9.69 Å². The topological polar surface area (TPSA) is 32.3 Å². The lowest BCUT2D eigenvalue weighted by Gasteiger charge is -2.07. The van der Waals surface area contributed by atoms with E-state index in [4.69, 9.17) is 0 Å². The number of carbonyl (C=O) groups is 1. The molecule has 3 heteroatoms. The molecule has 0 saturated heterocycles. The molecule has 1 aliphatic heterocycles. The molecule has 1 aliphatic rings. The minimum absolute atomic E-state index is 0.0590. The van der Waals surface area contributed by atoms with Crippen molar-refractivity contribution in [3.8, 4) is 0 Å². The van der Waals surface area contributed by atoms with Crippen LogP contribution in [0.25, 0.3) is 0 Å². The first-order valence-electron chi connectivity index (χ1n) is 6.80. The van der Waals surface area contributed by atoms with Crippen LogP contribution in [0.4, 0.5) is 5.69 Å². The Morgan fingerprint density at radius 1 is 1.05 bits per heavy atom. The molecule has 2 aromatic rings. The summed E-state index contributed by atoms with van der Waals surface area (Å²) in [4.78, 5) is 14.4. The Morgan fingerprint density at radius 3 is 2.50 bits per heavy atom. The summed E-state index contributed by atoms with van der Waals surface area (Å²) in [6.07, 6.45) is 0. The Morgan fingerprint density at radius 2 is 1.75 bits per heavy atom. The van der Waals surface area contributed by atoms with E-state index < -0.39 is 0 Å². The molecule has 102 valence electrons. The Kier molecular flexibility index (Phi) is 3.28. The molecule has 0 radical (unpaired) electrons. The fraction of sp³-hybridized carbons (Fsp3) is 0.235. The largest absolute Gasteiger partial charge is 0.322 e. The van der Waals surface area contributed by atoms with E-state index in [1.807, 2.05) is 37.3 Å². The molecule has 3 nitrogen and oxygen atoms in total. The lowest BCUT2D eigenvalue weighted by molar-refractivity contribution is 0.102. The number of fused-ring (bicyclic) bond motifs is 1. The highest BCUT2D eigenvalue weighted by atomic mass is 16.1. The molecule has 0 atom stereocenters. The summed E-state index contributed by atoms with van der Waals surface area (Å²) in [6.45, 7) is 3.95. The van der Waals surface area contributed by atoms with Gasteiger partial charge in [-0.1, -0.05) is 23.8 Å². The quantitative estimate of drug-likeness (QED) is 0.905. The molecule has 1 heterocycles. The number of benzene rings is 2. The number of nitrogens with zero attached hydrogens (tertiary/aromatic N) is 1. The van der Waals surface area contributed by atoms with Crippen LogP contribution < -0.4 is 5.32 Å². The molecule has 3 rings (SSSR count). The van der Waals surface area contributed by atoms with Crippen LogP contribution in [0.1, 0.15) is 27.0 Å². The third-order valence-electron chi connectivity index (χ3n) is 3.66. The summed E-state index contributed by atoms with van der Waals surface area (Å²) in [7, 11) is 2.10. The highest BCUT2D eigenvalue weighted by molar-refractivity contribution is 6.04. The fourth-order valence-electron chi connectivity index (χ4n) is 2.55. The van der Waals surface area contributed by atoms with Crippen molar-refractivity contribution in [1.82, 2.24) is 4.90 Å². The number of anilines is 1. The van der Waals surface area contributed by atoms with Gasteiger partial charge in [0.2, 0.25) is 0 Å². The van der Waals surface area contributed by atoms with Crippen LogP contribution in [0.2, 0.25) is 0 Å². The first-order chi connectivity index (χ1) is 9.61. The number of hydrogen-bond acceptors (Lipinski definition) is 2. The van der Waals surface area contributed by atoms with Gasteiger partial charge in [-0.2, -0.15) is 0 Å². The molecule has 1 N–H and O–H groups in total. The van der Waals surface area contributed by atoms with E-state index in [0.717, 1.165) is 24.3 Å². The van der Waals surface area contributed by atoms with Crippen molar-refractivity contribution in [3.05, 3.63) is 64.7 Å². The van der Waals surface area contributed by atoms with Gasteiger partial charge in [0.05, 0.1) is 0 Å². The molecule has 0 aromatic heterocycles. The fourth-order valence-corrected chi connectivity index (χ4v) is 2.55. The van der Waals surface area contributed by atoms with E-state index in [1.54, 1.807) is 0 Å². The van der Waals surface area contributed by atoms with E-state index in [0.29, 0.717) is 5.56 Å². The molecular formula is C17H18N2O. The Hall–Kier alpha value is -2.13. The summed E-state index contributed by atoms with van der Waals surface area (Å²) in [5.41, 5.74) is 5.36. The molecule has 0 saturated carbocycles. The van der Waals surface area contributed by atoms with E-state index >= 15 is 0 Å². The second-order valence-electron chi connectivity index (χ2n) is 5.48. The average molecular weight is 266 g/mol. The number of carbonyl (C=O) groups excluding carboxylic acids is 1. The van der Waals surface area contributed by atoms with Gasteiger partial charge in [0.1, 0.15) is 0 Å². The minimum atomic E-state index is -0.0590. The van der Waals surface area contributed by atoms with Crippen molar-refractivity contribution < 1.29 is 4.79 Å². The van der Waals surface area contributed by atoms with E-state index in [9.17, 15) is 4.79 Å². The molecule has 0 bridgehead atoms. The van der Waals surface area contributed by atoms with Crippen molar-refractivity contribution in [2.75, 3.05) is 12.4 Å². The highest BCUT2D eigenvalue weighted by Crippen LogP contribution is 2.24. The van der Waals surface area contributed by atoms with Gasteiger partial charge in [0, 0.05) is 24.3 Å².